The number of esters is 2. The number of carboxylic acid groups (broad SMARTS) is 2. The number of carboxylic acids is 2. The summed E-state index contributed by atoms with van der Waals surface area (Å²) in [6.45, 7) is 19.4. The second-order valence-electron chi connectivity index (χ2n) is 22.0. The van der Waals surface area contributed by atoms with Crippen molar-refractivity contribution in [2.75, 3.05) is 19.6 Å². The predicted octanol–water partition coefficient (Wildman–Crippen LogP) is 5.10. The molecule has 0 aromatic heterocycles. The number of rotatable bonds is 25. The van der Waals surface area contributed by atoms with Crippen LogP contribution < -0.4 is 35.5 Å². The number of hydrogen-bond donors (Lipinski definition) is 8. The molecule has 0 bridgehead atoms. The van der Waals surface area contributed by atoms with Gasteiger partial charge in [-0.2, -0.15) is 19.2 Å². The van der Waals surface area contributed by atoms with Gasteiger partial charge in [-0.1, -0.05) is 50.6 Å². The molecular formula is C54H84N6O16Sn. The molecule has 0 radical (unpaired) electrons. The van der Waals surface area contributed by atoms with E-state index < -0.39 is 71.6 Å². The number of benzene rings is 2. The first kappa shape index (κ1) is 72.4. The van der Waals surface area contributed by atoms with Crippen molar-refractivity contribution < 1.29 is 77.2 Å². The van der Waals surface area contributed by atoms with Crippen molar-refractivity contribution in [1.29, 1.82) is 0 Å². The molecule has 3 unspecified atom stereocenters. The minimum atomic E-state index is -2.13. The summed E-state index contributed by atoms with van der Waals surface area (Å²) in [5.74, 6) is -3.26. The van der Waals surface area contributed by atoms with Gasteiger partial charge in [-0.25, -0.2) is 19.2 Å². The first-order chi connectivity index (χ1) is 35.6. The third-order valence-electron chi connectivity index (χ3n) is 10.5. The maximum atomic E-state index is 13.1. The van der Waals surface area contributed by atoms with Crippen LogP contribution in [0.5, 0.6) is 0 Å². The van der Waals surface area contributed by atoms with E-state index in [1.807, 2.05) is 84.9 Å². The van der Waals surface area contributed by atoms with E-state index in [1.165, 1.54) is 3.58 Å². The molecule has 0 spiro atoms. The average Bonchev–Trinajstić information content (AvgIpc) is 3.28. The number of hydrogen-bond acceptors (Lipinski definition) is 14. The van der Waals surface area contributed by atoms with Crippen molar-refractivity contribution in [3.63, 3.8) is 0 Å². The molecule has 0 aliphatic heterocycles. The van der Waals surface area contributed by atoms with E-state index in [9.17, 15) is 43.5 Å². The van der Waals surface area contributed by atoms with Gasteiger partial charge in [0.2, 0.25) is 5.91 Å². The molecule has 8 N–H and O–H groups in total. The summed E-state index contributed by atoms with van der Waals surface area (Å²) in [5, 5.41) is 33.8. The summed E-state index contributed by atoms with van der Waals surface area (Å²) in [6.07, 6.45) is 3.04. The summed E-state index contributed by atoms with van der Waals surface area (Å²) in [6, 6.07) is 12.4. The molecule has 77 heavy (non-hydrogen) atoms. The van der Waals surface area contributed by atoms with Crippen LogP contribution >= 0.6 is 0 Å². The molecule has 0 heterocycles. The van der Waals surface area contributed by atoms with Crippen molar-refractivity contribution in [3.8, 4) is 0 Å². The van der Waals surface area contributed by atoms with Gasteiger partial charge in [0.05, 0.1) is 6.42 Å². The first-order valence-corrected chi connectivity index (χ1v) is 35.2. The van der Waals surface area contributed by atoms with Gasteiger partial charge in [0.25, 0.3) is 0 Å². The monoisotopic (exact) mass is 1190 g/mol. The molecule has 0 fully saturated rings. The fourth-order valence-electron chi connectivity index (χ4n) is 6.66. The molecule has 0 aliphatic rings. The number of carbonyl (C=O) groups excluding carboxylic acids is 10. The Morgan fingerprint density at radius 1 is 0.558 bits per heavy atom. The van der Waals surface area contributed by atoms with Gasteiger partial charge >= 0.3 is 168 Å². The van der Waals surface area contributed by atoms with Crippen LogP contribution in [0.15, 0.2) is 48.5 Å². The van der Waals surface area contributed by atoms with E-state index >= 15 is 0 Å². The normalized spacial score (nSPS) is 12.1. The number of amides is 6. The van der Waals surface area contributed by atoms with E-state index in [1.54, 1.807) is 20.8 Å². The van der Waals surface area contributed by atoms with E-state index in [0.29, 0.717) is 32.4 Å². The summed E-state index contributed by atoms with van der Waals surface area (Å²) in [5.41, 5.74) is 1.31. The van der Waals surface area contributed by atoms with Crippen LogP contribution in [0.4, 0.5) is 9.59 Å². The first-order valence-electron chi connectivity index (χ1n) is 25.2. The zero-order chi connectivity index (χ0) is 59.6. The van der Waals surface area contributed by atoms with Crippen LogP contribution in [0.2, 0.25) is 14.8 Å². The SMILES string of the molecule is CC(C)(C)OC(=O)CCC(NC(=O)NC(CCCNC(=O)Cc1cc[c]([Sn]([CH3])([CH3])[CH3])cc1)C(=O)OC(C)(C)C)C(C)(C)C.Cc1ccc(CC(=O)NCCCC(NC(=O)NCCCC(=O)O)C(=O)O)cc1.O=C=O.O=C=O. The molecule has 0 saturated carbocycles. The summed E-state index contributed by atoms with van der Waals surface area (Å²) in [4.78, 5) is 136. The molecule has 6 amide bonds. The molecule has 430 valence electrons. The van der Waals surface area contributed by atoms with Crippen LogP contribution in [0.1, 0.15) is 130 Å². The molecule has 2 aromatic rings. The van der Waals surface area contributed by atoms with Gasteiger partial charge in [-0.3, -0.25) is 14.4 Å². The number of carbonyl (C=O) groups is 8. The molecular weight excluding hydrogens is 1110 g/mol. The zero-order valence-corrected chi connectivity index (χ0v) is 50.0. The fraction of sp³-hybridized carbons (Fsp3) is 0.593. The maximum absolute atomic E-state index is 13.1. The van der Waals surface area contributed by atoms with Crippen LogP contribution in [0.25, 0.3) is 0 Å². The summed E-state index contributed by atoms with van der Waals surface area (Å²) < 4.78 is 12.4. The molecule has 0 aliphatic carbocycles. The fourth-order valence-corrected chi connectivity index (χ4v) is 9.99. The Labute approximate surface area is 457 Å². The number of nitrogens with one attached hydrogen (secondary N) is 6. The van der Waals surface area contributed by atoms with Gasteiger partial charge in [-0.05, 0) is 85.1 Å². The van der Waals surface area contributed by atoms with Gasteiger partial charge in [0.15, 0.2) is 0 Å². The Bertz CT molecular complexity index is 2220. The van der Waals surface area contributed by atoms with Crippen molar-refractivity contribution in [3.05, 3.63) is 65.2 Å². The minimum absolute atomic E-state index is 0.0784. The second kappa shape index (κ2) is 37.2. The van der Waals surface area contributed by atoms with E-state index in [2.05, 4.69) is 58.9 Å². The Morgan fingerprint density at radius 2 is 0.987 bits per heavy atom. The molecule has 23 heteroatoms. The van der Waals surface area contributed by atoms with Crippen LogP contribution in [-0.2, 0) is 70.3 Å². The van der Waals surface area contributed by atoms with E-state index in [4.69, 9.17) is 33.8 Å². The van der Waals surface area contributed by atoms with Crippen molar-refractivity contribution in [1.82, 2.24) is 31.9 Å². The molecule has 3 atom stereocenters. The van der Waals surface area contributed by atoms with Crippen molar-refractivity contribution in [2.24, 2.45) is 5.41 Å². The summed E-state index contributed by atoms with van der Waals surface area (Å²) in [7, 11) is 0. The van der Waals surface area contributed by atoms with Gasteiger partial charge < -0.3 is 41.0 Å². The molecule has 0 saturated heterocycles. The third kappa shape index (κ3) is 39.4. The van der Waals surface area contributed by atoms with Gasteiger partial charge in [-0.15, -0.1) is 0 Å². The van der Waals surface area contributed by atoms with Gasteiger partial charge in [0, 0.05) is 32.0 Å². The quantitative estimate of drug-likeness (QED) is 0.0364. The number of aryl methyl sites for hydroxylation is 1. The van der Waals surface area contributed by atoms with Crippen LogP contribution in [0, 0.1) is 12.3 Å². The third-order valence-corrected chi connectivity index (χ3v) is 16.4. The topological polar surface area (TPSA) is 336 Å². The number of aliphatic carboxylic acids is 2. The Kier molecular flexibility index (Phi) is 35.0. The Hall–Kier alpha value is -6.64. The molecule has 22 nitrogen and oxygen atoms in total. The van der Waals surface area contributed by atoms with E-state index in [-0.39, 0.29) is 93.0 Å². The molecule has 2 aromatic carbocycles. The van der Waals surface area contributed by atoms with Crippen LogP contribution in [0.3, 0.4) is 0 Å². The van der Waals surface area contributed by atoms with E-state index in [0.717, 1.165) is 16.7 Å². The van der Waals surface area contributed by atoms with Crippen molar-refractivity contribution >= 4 is 82.0 Å². The second-order valence-corrected chi connectivity index (χ2v) is 36.5. The predicted molar refractivity (Wildman–Crippen MR) is 287 cm³/mol. The van der Waals surface area contributed by atoms with Crippen LogP contribution in [-0.4, -0.2) is 138 Å². The van der Waals surface area contributed by atoms with Gasteiger partial charge in [0.1, 0.15) is 17.2 Å². The average molecular weight is 1190 g/mol. The Morgan fingerprint density at radius 3 is 1.40 bits per heavy atom. The smallest absolute Gasteiger partial charge is 0.481 e. The standard InChI is InChI=1S/C30H48N3O6.C19H27N3O6.2CO2.3CH3.Sn/c1-28(2,3)23(17-18-25(35)38-29(4,5)6)33-27(37)32-22(26(36)39-30(7,8)9)16-13-19-31-24(34)20-21-14-11-10-12-15-21;1-13-6-8-14(9-7-13)12-16(23)20-10-2-4-15(18(26)27)22-19(28)21-11-3-5-17(24)25;2*2-1-3;;;;/h11-12,14-15,22-23H,13,16-20H2,1-9H3,(H,31,34)(H2,32,33,37);6-9,15H,2-5,10-12H2,1H3,(H,20,23)(H,24,25)(H,26,27)(H2,21,22,28);;;3*1H3;. The Balaban J connectivity index is 0. The molecule has 2 rings (SSSR count). The van der Waals surface area contributed by atoms with Crippen molar-refractivity contribution in [2.45, 2.75) is 178 Å². The number of urea groups is 2. The number of ether oxygens (including phenoxy) is 2. The summed E-state index contributed by atoms with van der Waals surface area (Å²) >= 11 is -2.13. The zero-order valence-electron chi connectivity index (χ0n) is 47.2. The minimum Gasteiger partial charge on any atom is -0.481 e.